The molecule has 0 unspecified atom stereocenters. The number of sulfone groups is 1. The third-order valence-corrected chi connectivity index (χ3v) is 4.12. The molecule has 6 heteroatoms. The van der Waals surface area contributed by atoms with Gasteiger partial charge in [-0.25, -0.2) is 12.8 Å². The van der Waals surface area contributed by atoms with E-state index in [1.54, 1.807) is 24.3 Å². The van der Waals surface area contributed by atoms with Crippen LogP contribution in [0.15, 0.2) is 47.4 Å². The second-order valence-corrected chi connectivity index (χ2v) is 6.68. The number of hydrogen-bond donors (Lipinski definition) is 1. The highest BCUT2D eigenvalue weighted by Crippen LogP contribution is 2.18. The molecule has 0 heterocycles. The first-order chi connectivity index (χ1) is 9.90. The first-order valence-corrected chi connectivity index (χ1v) is 8.19. The van der Waals surface area contributed by atoms with Gasteiger partial charge in [0.25, 0.3) is 0 Å². The van der Waals surface area contributed by atoms with Gasteiger partial charge in [-0.15, -0.1) is 0 Å². The molecule has 0 aliphatic carbocycles. The molecule has 0 fully saturated rings. The summed E-state index contributed by atoms with van der Waals surface area (Å²) in [5.41, 5.74) is 6.74. The highest BCUT2D eigenvalue weighted by molar-refractivity contribution is 7.90. The highest BCUT2D eigenvalue weighted by Gasteiger charge is 2.08. The normalized spacial score (nSPS) is 11.4. The van der Waals surface area contributed by atoms with Crippen LogP contribution in [-0.4, -0.2) is 14.7 Å². The summed E-state index contributed by atoms with van der Waals surface area (Å²) in [7, 11) is -3.23. The molecule has 2 N–H and O–H groups in total. The Kier molecular flexibility index (Phi) is 4.59. The predicted molar refractivity (Wildman–Crippen MR) is 78.2 cm³/mol. The van der Waals surface area contributed by atoms with Crippen molar-refractivity contribution >= 4 is 9.84 Å². The van der Waals surface area contributed by atoms with Crippen molar-refractivity contribution in [1.82, 2.24) is 0 Å². The van der Waals surface area contributed by atoms with Crippen molar-refractivity contribution < 1.29 is 17.5 Å². The Labute approximate surface area is 123 Å². The van der Waals surface area contributed by atoms with Crippen molar-refractivity contribution in [2.75, 3.05) is 6.26 Å². The fourth-order valence-corrected chi connectivity index (χ4v) is 2.44. The number of benzene rings is 2. The van der Waals surface area contributed by atoms with E-state index < -0.39 is 9.84 Å². The van der Waals surface area contributed by atoms with Gasteiger partial charge in [-0.3, -0.25) is 0 Å². The van der Waals surface area contributed by atoms with Crippen molar-refractivity contribution in [3.63, 3.8) is 0 Å². The van der Waals surface area contributed by atoms with Crippen molar-refractivity contribution in [3.05, 3.63) is 59.4 Å². The van der Waals surface area contributed by atoms with E-state index in [0.29, 0.717) is 17.9 Å². The standard InChI is InChI=1S/C15H16FNO3S/c1-21(18,19)14-5-3-13(4-6-14)20-10-12-8-11(9-17)2-7-15(12)16/h2-8H,9-10,17H2,1H3. The second-order valence-electron chi connectivity index (χ2n) is 4.66. The molecule has 0 saturated heterocycles. The maximum absolute atomic E-state index is 13.6. The van der Waals surface area contributed by atoms with E-state index in [0.717, 1.165) is 11.8 Å². The summed E-state index contributed by atoms with van der Waals surface area (Å²) in [5.74, 6) is 0.111. The topological polar surface area (TPSA) is 69.4 Å². The smallest absolute Gasteiger partial charge is 0.175 e. The summed E-state index contributed by atoms with van der Waals surface area (Å²) in [6, 6.07) is 10.6. The largest absolute Gasteiger partial charge is 0.489 e. The Hall–Kier alpha value is -1.92. The van der Waals surface area contributed by atoms with Crippen LogP contribution in [-0.2, 0) is 23.0 Å². The quantitative estimate of drug-likeness (QED) is 0.920. The third kappa shape index (κ3) is 4.03. The molecule has 0 atom stereocenters. The maximum atomic E-state index is 13.6. The molecule has 2 rings (SSSR count). The molecule has 2 aromatic rings. The van der Waals surface area contributed by atoms with Crippen LogP contribution in [0.1, 0.15) is 11.1 Å². The molecular weight excluding hydrogens is 293 g/mol. The lowest BCUT2D eigenvalue weighted by molar-refractivity contribution is 0.299. The van der Waals surface area contributed by atoms with Crippen LogP contribution in [0.25, 0.3) is 0 Å². The van der Waals surface area contributed by atoms with Crippen LogP contribution in [0, 0.1) is 5.82 Å². The van der Waals surface area contributed by atoms with Crippen molar-refractivity contribution in [2.24, 2.45) is 5.73 Å². The van der Waals surface area contributed by atoms with E-state index in [-0.39, 0.29) is 17.3 Å². The average Bonchev–Trinajstić information content (AvgIpc) is 2.46. The monoisotopic (exact) mass is 309 g/mol. The molecule has 0 aliphatic rings. The minimum atomic E-state index is -3.23. The summed E-state index contributed by atoms with van der Waals surface area (Å²) in [6.07, 6.45) is 1.14. The van der Waals surface area contributed by atoms with Crippen molar-refractivity contribution in [1.29, 1.82) is 0 Å². The molecule has 0 bridgehead atoms. The minimum absolute atomic E-state index is 0.0535. The summed E-state index contributed by atoms with van der Waals surface area (Å²) < 4.78 is 41.8. The van der Waals surface area contributed by atoms with E-state index in [1.165, 1.54) is 18.2 Å². The van der Waals surface area contributed by atoms with E-state index in [9.17, 15) is 12.8 Å². The van der Waals surface area contributed by atoms with Gasteiger partial charge >= 0.3 is 0 Å². The van der Waals surface area contributed by atoms with E-state index >= 15 is 0 Å². The zero-order chi connectivity index (χ0) is 15.5. The molecule has 21 heavy (non-hydrogen) atoms. The van der Waals surface area contributed by atoms with Crippen LogP contribution < -0.4 is 10.5 Å². The molecule has 0 radical (unpaired) electrons. The highest BCUT2D eigenvalue weighted by atomic mass is 32.2. The third-order valence-electron chi connectivity index (χ3n) is 2.99. The van der Waals surface area contributed by atoms with E-state index in [2.05, 4.69) is 0 Å². The summed E-state index contributed by atoms with van der Waals surface area (Å²) in [4.78, 5) is 0.214. The minimum Gasteiger partial charge on any atom is -0.489 e. The summed E-state index contributed by atoms with van der Waals surface area (Å²) >= 11 is 0. The summed E-state index contributed by atoms with van der Waals surface area (Å²) in [6.45, 7) is 0.383. The molecule has 4 nitrogen and oxygen atoms in total. The predicted octanol–water partition coefficient (Wildman–Crippen LogP) is 2.27. The van der Waals surface area contributed by atoms with Gasteiger partial charge in [0, 0.05) is 18.4 Å². The second kappa shape index (κ2) is 6.24. The molecule has 112 valence electrons. The lowest BCUT2D eigenvalue weighted by Gasteiger charge is -2.09. The van der Waals surface area contributed by atoms with E-state index in [4.69, 9.17) is 10.5 Å². The zero-order valence-corrected chi connectivity index (χ0v) is 12.4. The Morgan fingerprint density at radius 3 is 2.38 bits per heavy atom. The van der Waals surface area contributed by atoms with Gasteiger partial charge in [0.05, 0.1) is 4.90 Å². The molecule has 0 saturated carbocycles. The van der Waals surface area contributed by atoms with Gasteiger partial charge in [0.2, 0.25) is 0 Å². The number of rotatable bonds is 5. The SMILES string of the molecule is CS(=O)(=O)c1ccc(OCc2cc(CN)ccc2F)cc1. The lowest BCUT2D eigenvalue weighted by atomic mass is 10.1. The van der Waals surface area contributed by atoms with Gasteiger partial charge < -0.3 is 10.5 Å². The Bertz CT molecular complexity index is 727. The van der Waals surface area contributed by atoms with Crippen LogP contribution in [0.2, 0.25) is 0 Å². The molecule has 0 aliphatic heterocycles. The van der Waals surface area contributed by atoms with Gasteiger partial charge in [-0.2, -0.15) is 0 Å². The molecule has 0 spiro atoms. The first-order valence-electron chi connectivity index (χ1n) is 6.30. The van der Waals surface area contributed by atoms with Gasteiger partial charge in [-0.05, 0) is 42.0 Å². The lowest BCUT2D eigenvalue weighted by Crippen LogP contribution is -2.03. The number of nitrogens with two attached hydrogens (primary N) is 1. The Morgan fingerprint density at radius 1 is 1.14 bits per heavy atom. The summed E-state index contributed by atoms with van der Waals surface area (Å²) in [5, 5.41) is 0. The van der Waals surface area contributed by atoms with Gasteiger partial charge in [0.1, 0.15) is 18.2 Å². The Balaban J connectivity index is 2.10. The number of ether oxygens (including phenoxy) is 1. The van der Waals surface area contributed by atoms with Crippen LogP contribution in [0.4, 0.5) is 4.39 Å². The fourth-order valence-electron chi connectivity index (χ4n) is 1.81. The van der Waals surface area contributed by atoms with E-state index in [1.807, 2.05) is 0 Å². The average molecular weight is 309 g/mol. The maximum Gasteiger partial charge on any atom is 0.175 e. The Morgan fingerprint density at radius 2 is 1.81 bits per heavy atom. The first kappa shape index (κ1) is 15.5. The number of halogens is 1. The molecule has 2 aromatic carbocycles. The molecule has 0 aromatic heterocycles. The van der Waals surface area contributed by atoms with Crippen LogP contribution in [0.3, 0.4) is 0 Å². The molecular formula is C15H16FNO3S. The molecule has 0 amide bonds. The van der Waals surface area contributed by atoms with Crippen LogP contribution >= 0.6 is 0 Å². The van der Waals surface area contributed by atoms with Gasteiger partial charge in [-0.1, -0.05) is 6.07 Å². The zero-order valence-electron chi connectivity index (χ0n) is 11.5. The van der Waals surface area contributed by atoms with Crippen molar-refractivity contribution in [2.45, 2.75) is 18.0 Å². The number of hydrogen-bond acceptors (Lipinski definition) is 4. The fraction of sp³-hybridized carbons (Fsp3) is 0.200. The van der Waals surface area contributed by atoms with Crippen molar-refractivity contribution in [3.8, 4) is 5.75 Å². The van der Waals surface area contributed by atoms with Gasteiger partial charge in [0.15, 0.2) is 9.84 Å². The van der Waals surface area contributed by atoms with Crippen LogP contribution in [0.5, 0.6) is 5.75 Å².